The van der Waals surface area contributed by atoms with Gasteiger partial charge in [-0.2, -0.15) is 0 Å². The number of methoxy groups -OCH3 is 1. The predicted octanol–water partition coefficient (Wildman–Crippen LogP) is 7.05. The fraction of sp³-hybridized carbons (Fsp3) is 0.333. The van der Waals surface area contributed by atoms with Gasteiger partial charge in [0, 0.05) is 47.9 Å². The number of carbonyl (C=O) groups excluding carboxylic acids is 2. The lowest BCUT2D eigenvalue weighted by atomic mass is 10.0. The minimum Gasteiger partial charge on any atom is -0.497 e. The number of anilines is 2. The zero-order valence-corrected chi connectivity index (χ0v) is 23.6. The van der Waals surface area contributed by atoms with Crippen molar-refractivity contribution in [2.45, 2.75) is 45.5 Å². The Morgan fingerprint density at radius 1 is 1.07 bits per heavy atom. The second kappa shape index (κ2) is 12.7. The number of nitrogens with one attached hydrogen (secondary N) is 1. The Balaban J connectivity index is 1.65. The molecule has 0 aromatic heterocycles. The van der Waals surface area contributed by atoms with Crippen LogP contribution in [0.2, 0.25) is 5.02 Å². The number of amides is 1. The molecule has 1 amide bonds. The number of hydrogen-bond donors (Lipinski definition) is 1. The number of nitrogens with zero attached hydrogens (tertiary/aromatic N) is 1. The number of alkyl halides is 3. The van der Waals surface area contributed by atoms with Gasteiger partial charge in [0.25, 0.3) is 5.91 Å². The first-order chi connectivity index (χ1) is 19.4. The van der Waals surface area contributed by atoms with E-state index in [1.54, 1.807) is 48.5 Å². The van der Waals surface area contributed by atoms with Gasteiger partial charge in [0.2, 0.25) is 0 Å². The van der Waals surface area contributed by atoms with Crippen molar-refractivity contribution in [2.75, 3.05) is 30.5 Å². The van der Waals surface area contributed by atoms with Crippen LogP contribution in [0.5, 0.6) is 17.2 Å². The van der Waals surface area contributed by atoms with E-state index < -0.39 is 12.4 Å². The summed E-state index contributed by atoms with van der Waals surface area (Å²) in [5.74, 6) is 0.302. The van der Waals surface area contributed by atoms with Gasteiger partial charge < -0.3 is 29.2 Å². The van der Waals surface area contributed by atoms with E-state index in [1.807, 2.05) is 0 Å². The summed E-state index contributed by atoms with van der Waals surface area (Å²) in [5.41, 5.74) is 2.56. The van der Waals surface area contributed by atoms with Crippen molar-refractivity contribution < 1.29 is 37.0 Å². The molecule has 1 heterocycles. The van der Waals surface area contributed by atoms with E-state index in [0.717, 1.165) is 5.56 Å². The van der Waals surface area contributed by atoms with Crippen molar-refractivity contribution in [3.63, 3.8) is 0 Å². The van der Waals surface area contributed by atoms with Gasteiger partial charge in [0.05, 0.1) is 19.4 Å². The van der Waals surface area contributed by atoms with Gasteiger partial charge in [-0.15, -0.1) is 13.2 Å². The van der Waals surface area contributed by atoms with Crippen LogP contribution in [0.4, 0.5) is 24.5 Å². The summed E-state index contributed by atoms with van der Waals surface area (Å²) < 4.78 is 54.5. The van der Waals surface area contributed by atoms with E-state index in [1.165, 1.54) is 31.9 Å². The quantitative estimate of drug-likeness (QED) is 0.241. The van der Waals surface area contributed by atoms with Gasteiger partial charge >= 0.3 is 6.36 Å². The average Bonchev–Trinajstić information content (AvgIpc) is 3.31. The highest BCUT2D eigenvalue weighted by Gasteiger charge is 2.35. The molecule has 0 fully saturated rings. The third kappa shape index (κ3) is 7.85. The van der Waals surface area contributed by atoms with E-state index in [0.29, 0.717) is 64.9 Å². The molecule has 4 rings (SSSR count). The number of rotatable bonds is 11. The standard InChI is InChI=1S/C30H30ClF3N2O5/c1-18-13-21-10-11-36(26(21)17-27(18)41-30(32,33)34)29(38)28(20-6-8-22(31)9-7-20)35-23-14-24(39-3)16-25(15-23)40-12-4-5-19(2)37/h6-9,13-17,28,35H,4-5,10-12H2,1-3H3. The van der Waals surface area contributed by atoms with Crippen molar-refractivity contribution in [3.8, 4) is 17.2 Å². The molecule has 0 bridgehead atoms. The molecule has 11 heteroatoms. The van der Waals surface area contributed by atoms with Crippen molar-refractivity contribution in [1.82, 2.24) is 0 Å². The van der Waals surface area contributed by atoms with Crippen LogP contribution in [0.1, 0.15) is 42.5 Å². The van der Waals surface area contributed by atoms with E-state index in [-0.39, 0.29) is 24.0 Å². The molecule has 1 unspecified atom stereocenters. The average molecular weight is 591 g/mol. The maximum Gasteiger partial charge on any atom is 0.573 e. The minimum atomic E-state index is -4.86. The van der Waals surface area contributed by atoms with Crippen molar-refractivity contribution in [2.24, 2.45) is 0 Å². The maximum atomic E-state index is 14.1. The molecule has 0 saturated carbocycles. The molecule has 1 atom stereocenters. The minimum absolute atomic E-state index is 0.0710. The lowest BCUT2D eigenvalue weighted by Crippen LogP contribution is -2.37. The fourth-order valence-corrected chi connectivity index (χ4v) is 4.76. The fourth-order valence-electron chi connectivity index (χ4n) is 4.64. The Kier molecular flexibility index (Phi) is 9.32. The number of fused-ring (bicyclic) bond motifs is 1. The van der Waals surface area contributed by atoms with E-state index in [2.05, 4.69) is 10.1 Å². The summed E-state index contributed by atoms with van der Waals surface area (Å²) >= 11 is 6.10. The Labute approximate surface area is 241 Å². The van der Waals surface area contributed by atoms with Gasteiger partial charge in [0.15, 0.2) is 0 Å². The van der Waals surface area contributed by atoms with E-state index in [4.69, 9.17) is 21.1 Å². The first-order valence-electron chi connectivity index (χ1n) is 13.0. The summed E-state index contributed by atoms with van der Waals surface area (Å²) in [6.07, 6.45) is -3.43. The van der Waals surface area contributed by atoms with Gasteiger partial charge in [-0.05, 0) is 55.5 Å². The molecule has 1 N–H and O–H groups in total. The van der Waals surface area contributed by atoms with Crippen LogP contribution < -0.4 is 24.4 Å². The Hall–Kier alpha value is -3.92. The first kappa shape index (κ1) is 30.0. The summed E-state index contributed by atoms with van der Waals surface area (Å²) in [7, 11) is 1.50. The predicted molar refractivity (Wildman–Crippen MR) is 150 cm³/mol. The molecule has 0 radical (unpaired) electrons. The zero-order valence-electron chi connectivity index (χ0n) is 22.8. The van der Waals surface area contributed by atoms with Crippen LogP contribution in [0.3, 0.4) is 0 Å². The highest BCUT2D eigenvalue weighted by Crippen LogP contribution is 2.39. The molecule has 1 aliphatic heterocycles. The van der Waals surface area contributed by atoms with Crippen molar-refractivity contribution in [1.29, 1.82) is 0 Å². The molecular formula is C30H30ClF3N2O5. The number of ether oxygens (including phenoxy) is 3. The summed E-state index contributed by atoms with van der Waals surface area (Å²) in [6, 6.07) is 13.8. The topological polar surface area (TPSA) is 77.1 Å². The number of aryl methyl sites for hydroxylation is 1. The van der Waals surface area contributed by atoms with Crippen LogP contribution in [0.15, 0.2) is 54.6 Å². The molecular weight excluding hydrogens is 561 g/mol. The highest BCUT2D eigenvalue weighted by atomic mass is 35.5. The monoisotopic (exact) mass is 590 g/mol. The largest absolute Gasteiger partial charge is 0.573 e. The molecule has 1 aliphatic rings. The molecule has 0 aliphatic carbocycles. The molecule has 41 heavy (non-hydrogen) atoms. The second-order valence-corrected chi connectivity index (χ2v) is 10.2. The summed E-state index contributed by atoms with van der Waals surface area (Å²) in [5, 5.41) is 3.74. The van der Waals surface area contributed by atoms with E-state index in [9.17, 15) is 22.8 Å². The van der Waals surface area contributed by atoms with Crippen LogP contribution in [0.25, 0.3) is 0 Å². The number of ketones is 1. The Morgan fingerprint density at radius 2 is 1.78 bits per heavy atom. The molecule has 3 aromatic rings. The smallest absolute Gasteiger partial charge is 0.497 e. The summed E-state index contributed by atoms with van der Waals surface area (Å²) in [4.78, 5) is 26.8. The van der Waals surface area contributed by atoms with Crippen molar-refractivity contribution in [3.05, 3.63) is 76.3 Å². The van der Waals surface area contributed by atoms with Crippen LogP contribution in [-0.4, -0.2) is 38.3 Å². The molecule has 7 nitrogen and oxygen atoms in total. The zero-order chi connectivity index (χ0) is 29.7. The number of benzene rings is 3. The third-order valence-corrected chi connectivity index (χ3v) is 6.83. The van der Waals surface area contributed by atoms with Gasteiger partial charge in [-0.25, -0.2) is 0 Å². The van der Waals surface area contributed by atoms with Gasteiger partial charge in [-0.3, -0.25) is 4.79 Å². The third-order valence-electron chi connectivity index (χ3n) is 6.58. The highest BCUT2D eigenvalue weighted by molar-refractivity contribution is 6.30. The Bertz CT molecular complexity index is 1410. The molecule has 0 saturated heterocycles. The van der Waals surface area contributed by atoms with Gasteiger partial charge in [-0.1, -0.05) is 29.8 Å². The Morgan fingerprint density at radius 3 is 2.44 bits per heavy atom. The lowest BCUT2D eigenvalue weighted by molar-refractivity contribution is -0.274. The van der Waals surface area contributed by atoms with E-state index >= 15 is 0 Å². The molecule has 0 spiro atoms. The second-order valence-electron chi connectivity index (χ2n) is 9.71. The number of hydrogen-bond acceptors (Lipinski definition) is 6. The van der Waals surface area contributed by atoms with Gasteiger partial charge in [0.1, 0.15) is 29.1 Å². The normalized spacial score (nSPS) is 13.4. The van der Waals surface area contributed by atoms with Crippen molar-refractivity contribution >= 4 is 34.7 Å². The van der Waals surface area contributed by atoms with Crippen LogP contribution >= 0.6 is 11.6 Å². The molecule has 218 valence electrons. The van der Waals surface area contributed by atoms with Crippen LogP contribution in [0, 0.1) is 6.92 Å². The maximum absolute atomic E-state index is 14.1. The number of halogens is 4. The number of carbonyl (C=O) groups is 2. The summed E-state index contributed by atoms with van der Waals surface area (Å²) in [6.45, 7) is 3.66. The lowest BCUT2D eigenvalue weighted by Gasteiger charge is -2.27. The van der Waals surface area contributed by atoms with Crippen LogP contribution in [-0.2, 0) is 16.0 Å². The number of Topliss-reactive ketones (excluding diaryl/α,β-unsaturated/α-hetero) is 1. The first-order valence-corrected chi connectivity index (χ1v) is 13.4. The molecule has 3 aromatic carbocycles. The SMILES string of the molecule is COc1cc(NC(C(=O)N2CCc3cc(C)c(OC(F)(F)F)cc32)c2ccc(Cl)cc2)cc(OCCCC(C)=O)c1.